The molecule has 114 valence electrons. The zero-order chi connectivity index (χ0) is 16.0. The van der Waals surface area contributed by atoms with E-state index in [0.29, 0.717) is 22.7 Å². The monoisotopic (exact) mass is 325 g/mol. The SMILES string of the molecule is Cn1ncc2c(=O)n(Cc3cc4ccccc4nc3Cl)cnc21. The maximum Gasteiger partial charge on any atom is 0.264 e. The molecule has 0 N–H and O–H groups in total. The van der Waals surface area contributed by atoms with Crippen LogP contribution >= 0.6 is 11.6 Å². The van der Waals surface area contributed by atoms with Gasteiger partial charge in [0.15, 0.2) is 5.65 Å². The van der Waals surface area contributed by atoms with Gasteiger partial charge in [0.1, 0.15) is 16.9 Å². The highest BCUT2D eigenvalue weighted by Crippen LogP contribution is 2.21. The van der Waals surface area contributed by atoms with Gasteiger partial charge in [-0.1, -0.05) is 29.8 Å². The molecule has 0 bridgehead atoms. The third-order valence-electron chi connectivity index (χ3n) is 3.81. The highest BCUT2D eigenvalue weighted by atomic mass is 35.5. The van der Waals surface area contributed by atoms with Crippen molar-refractivity contribution in [1.29, 1.82) is 0 Å². The summed E-state index contributed by atoms with van der Waals surface area (Å²) >= 11 is 6.26. The van der Waals surface area contributed by atoms with E-state index in [4.69, 9.17) is 11.6 Å². The van der Waals surface area contributed by atoms with Crippen molar-refractivity contribution in [2.75, 3.05) is 0 Å². The fourth-order valence-electron chi connectivity index (χ4n) is 2.61. The molecule has 4 rings (SSSR count). The van der Waals surface area contributed by atoms with Crippen molar-refractivity contribution in [3.8, 4) is 0 Å². The number of fused-ring (bicyclic) bond motifs is 2. The first-order valence-corrected chi connectivity index (χ1v) is 7.42. The molecule has 23 heavy (non-hydrogen) atoms. The van der Waals surface area contributed by atoms with Crippen molar-refractivity contribution < 1.29 is 0 Å². The van der Waals surface area contributed by atoms with Crippen LogP contribution in [-0.4, -0.2) is 24.3 Å². The van der Waals surface area contributed by atoms with Crippen LogP contribution in [0.1, 0.15) is 5.56 Å². The average Bonchev–Trinajstić information content (AvgIpc) is 2.92. The molecular formula is C16H12ClN5O. The Morgan fingerprint density at radius 1 is 1.26 bits per heavy atom. The van der Waals surface area contributed by atoms with Crippen molar-refractivity contribution >= 4 is 33.5 Å². The van der Waals surface area contributed by atoms with E-state index in [1.54, 1.807) is 11.7 Å². The van der Waals surface area contributed by atoms with Crippen molar-refractivity contribution in [3.05, 3.63) is 63.9 Å². The lowest BCUT2D eigenvalue weighted by Gasteiger charge is -2.08. The second-order valence-electron chi connectivity index (χ2n) is 5.31. The van der Waals surface area contributed by atoms with E-state index in [1.165, 1.54) is 17.1 Å². The van der Waals surface area contributed by atoms with E-state index >= 15 is 0 Å². The van der Waals surface area contributed by atoms with Crippen molar-refractivity contribution in [2.45, 2.75) is 6.54 Å². The molecule has 0 aliphatic carbocycles. The van der Waals surface area contributed by atoms with E-state index in [1.807, 2.05) is 30.3 Å². The zero-order valence-electron chi connectivity index (χ0n) is 12.3. The summed E-state index contributed by atoms with van der Waals surface area (Å²) in [6.07, 6.45) is 3.04. The molecule has 0 atom stereocenters. The third kappa shape index (κ3) is 2.27. The summed E-state index contributed by atoms with van der Waals surface area (Å²) in [4.78, 5) is 21.2. The van der Waals surface area contributed by atoms with Gasteiger partial charge in [-0.25, -0.2) is 9.97 Å². The molecule has 4 aromatic rings. The molecule has 1 aromatic carbocycles. The van der Waals surface area contributed by atoms with Gasteiger partial charge in [-0.3, -0.25) is 14.0 Å². The molecule has 3 heterocycles. The van der Waals surface area contributed by atoms with Crippen molar-refractivity contribution in [2.24, 2.45) is 7.05 Å². The molecule has 0 radical (unpaired) electrons. The fraction of sp³-hybridized carbons (Fsp3) is 0.125. The Morgan fingerprint density at radius 2 is 2.09 bits per heavy atom. The lowest BCUT2D eigenvalue weighted by molar-refractivity contribution is 0.736. The number of hydrogen-bond donors (Lipinski definition) is 0. The highest BCUT2D eigenvalue weighted by Gasteiger charge is 2.11. The first-order chi connectivity index (χ1) is 11.1. The summed E-state index contributed by atoms with van der Waals surface area (Å²) in [7, 11) is 1.75. The first-order valence-electron chi connectivity index (χ1n) is 7.05. The van der Waals surface area contributed by atoms with E-state index in [-0.39, 0.29) is 5.56 Å². The van der Waals surface area contributed by atoms with Gasteiger partial charge in [-0.05, 0) is 12.1 Å². The van der Waals surface area contributed by atoms with Crippen LogP contribution in [0, 0.1) is 0 Å². The van der Waals surface area contributed by atoms with Crippen LogP contribution in [0.3, 0.4) is 0 Å². The second kappa shape index (κ2) is 5.17. The Hall–Kier alpha value is -2.73. The Kier molecular flexibility index (Phi) is 3.12. The molecule has 3 aromatic heterocycles. The summed E-state index contributed by atoms with van der Waals surface area (Å²) in [5.74, 6) is 0. The number of hydrogen-bond acceptors (Lipinski definition) is 4. The molecule has 0 aliphatic heterocycles. The predicted molar refractivity (Wildman–Crippen MR) is 88.6 cm³/mol. The molecule has 7 heteroatoms. The summed E-state index contributed by atoms with van der Waals surface area (Å²) < 4.78 is 3.09. The largest absolute Gasteiger partial charge is 0.294 e. The first kappa shape index (κ1) is 13.9. The van der Waals surface area contributed by atoms with E-state index in [2.05, 4.69) is 15.1 Å². The standard InChI is InChI=1S/C16H12ClN5O/c1-21-15-12(7-19-21)16(23)22(9-18-15)8-11-6-10-4-2-3-5-13(10)20-14(11)17/h2-7,9H,8H2,1H3. The van der Waals surface area contributed by atoms with Gasteiger partial charge in [0.25, 0.3) is 5.56 Å². The molecule has 0 saturated heterocycles. The molecular weight excluding hydrogens is 314 g/mol. The van der Waals surface area contributed by atoms with Gasteiger partial charge in [0, 0.05) is 18.0 Å². The van der Waals surface area contributed by atoms with Gasteiger partial charge in [-0.15, -0.1) is 0 Å². The summed E-state index contributed by atoms with van der Waals surface area (Å²) in [5.41, 5.74) is 2.02. The molecule has 0 fully saturated rings. The number of nitrogens with zero attached hydrogens (tertiary/aromatic N) is 5. The maximum atomic E-state index is 12.5. The van der Waals surface area contributed by atoms with Crippen LogP contribution in [0.15, 0.2) is 47.7 Å². The van der Waals surface area contributed by atoms with Gasteiger partial charge in [-0.2, -0.15) is 5.10 Å². The van der Waals surface area contributed by atoms with Gasteiger partial charge < -0.3 is 0 Å². The van der Waals surface area contributed by atoms with Gasteiger partial charge >= 0.3 is 0 Å². The van der Waals surface area contributed by atoms with Crippen LogP contribution in [0.5, 0.6) is 0 Å². The van der Waals surface area contributed by atoms with Crippen LogP contribution < -0.4 is 5.56 Å². The number of halogens is 1. The van der Waals surface area contributed by atoms with Gasteiger partial charge in [0.2, 0.25) is 0 Å². The fourth-order valence-corrected chi connectivity index (χ4v) is 2.82. The van der Waals surface area contributed by atoms with Crippen LogP contribution in [0.2, 0.25) is 5.15 Å². The van der Waals surface area contributed by atoms with Gasteiger partial charge in [0.05, 0.1) is 18.3 Å². The number of para-hydroxylation sites is 1. The van der Waals surface area contributed by atoms with Crippen LogP contribution in [0.4, 0.5) is 0 Å². The van der Waals surface area contributed by atoms with E-state index in [9.17, 15) is 4.79 Å². The normalized spacial score (nSPS) is 11.4. The quantitative estimate of drug-likeness (QED) is 0.531. The molecule has 0 aliphatic rings. The summed E-state index contributed by atoms with van der Waals surface area (Å²) in [5, 5.41) is 5.92. The molecule has 0 unspecified atom stereocenters. The predicted octanol–water partition coefficient (Wildman–Crippen LogP) is 2.38. The molecule has 0 saturated carbocycles. The third-order valence-corrected chi connectivity index (χ3v) is 4.14. The summed E-state index contributed by atoms with van der Waals surface area (Å²) in [6.45, 7) is 0.313. The van der Waals surface area contributed by atoms with Crippen LogP contribution in [0.25, 0.3) is 21.9 Å². The van der Waals surface area contributed by atoms with E-state index in [0.717, 1.165) is 16.5 Å². The second-order valence-corrected chi connectivity index (χ2v) is 5.67. The number of benzene rings is 1. The minimum absolute atomic E-state index is 0.146. The molecule has 6 nitrogen and oxygen atoms in total. The lowest BCUT2D eigenvalue weighted by Crippen LogP contribution is -2.21. The lowest BCUT2D eigenvalue weighted by atomic mass is 10.1. The number of pyridine rings is 1. The van der Waals surface area contributed by atoms with Crippen molar-refractivity contribution in [1.82, 2.24) is 24.3 Å². The summed E-state index contributed by atoms with van der Waals surface area (Å²) in [6, 6.07) is 9.67. The Labute approximate surface area is 136 Å². The van der Waals surface area contributed by atoms with Crippen LogP contribution in [-0.2, 0) is 13.6 Å². The highest BCUT2D eigenvalue weighted by molar-refractivity contribution is 6.30. The Morgan fingerprint density at radius 3 is 2.96 bits per heavy atom. The number of aromatic nitrogens is 5. The Balaban J connectivity index is 1.83. The minimum Gasteiger partial charge on any atom is -0.294 e. The maximum absolute atomic E-state index is 12.5. The average molecular weight is 326 g/mol. The van der Waals surface area contributed by atoms with E-state index < -0.39 is 0 Å². The number of rotatable bonds is 2. The zero-order valence-corrected chi connectivity index (χ0v) is 13.0. The number of aryl methyl sites for hydroxylation is 1. The topological polar surface area (TPSA) is 65.6 Å². The molecule has 0 amide bonds. The minimum atomic E-state index is -0.146. The molecule has 0 spiro atoms. The van der Waals surface area contributed by atoms with Crippen molar-refractivity contribution in [3.63, 3.8) is 0 Å². The smallest absolute Gasteiger partial charge is 0.264 e. The Bertz CT molecular complexity index is 1100.